The molecule has 1 saturated heterocycles. The molecule has 0 amide bonds. The average Bonchev–Trinajstić information content (AvgIpc) is 3.05. The van der Waals surface area contributed by atoms with E-state index >= 15 is 0 Å². The van der Waals surface area contributed by atoms with E-state index in [1.54, 1.807) is 6.92 Å². The Bertz CT molecular complexity index is 878. The Balaban J connectivity index is 1.24. The van der Waals surface area contributed by atoms with Gasteiger partial charge in [0.05, 0.1) is 6.42 Å². The summed E-state index contributed by atoms with van der Waals surface area (Å²) in [6.07, 6.45) is 13.7. The van der Waals surface area contributed by atoms with Gasteiger partial charge in [-0.3, -0.25) is 9.59 Å². The highest BCUT2D eigenvalue weighted by molar-refractivity contribution is 5.86. The smallest absolute Gasteiger partial charge is 0.307 e. The Kier molecular flexibility index (Phi) is 6.74. The van der Waals surface area contributed by atoms with Crippen molar-refractivity contribution in [3.8, 4) is 0 Å². The second kappa shape index (κ2) is 9.28. The minimum Gasteiger partial charge on any atom is -0.462 e. The van der Waals surface area contributed by atoms with Crippen LogP contribution in [0, 0.1) is 34.5 Å². The summed E-state index contributed by atoms with van der Waals surface area (Å²) in [5, 5.41) is 11.6. The lowest BCUT2D eigenvalue weighted by atomic mass is 9.46. The topological polar surface area (TPSA) is 66.8 Å². The monoisotopic (exact) mass is 485 g/mol. The average molecular weight is 486 g/mol. The van der Waals surface area contributed by atoms with Crippen LogP contribution in [0.25, 0.3) is 0 Å². The van der Waals surface area contributed by atoms with E-state index in [1.807, 2.05) is 0 Å². The normalized spacial score (nSPS) is 45.6. The molecule has 0 unspecified atom stereocenters. The number of esters is 1. The molecule has 8 atom stereocenters. The van der Waals surface area contributed by atoms with Gasteiger partial charge in [-0.05, 0) is 100 Å². The van der Waals surface area contributed by atoms with Gasteiger partial charge < -0.3 is 14.7 Å². The van der Waals surface area contributed by atoms with Crippen LogP contribution in [0.1, 0.15) is 98.3 Å². The van der Waals surface area contributed by atoms with E-state index in [9.17, 15) is 14.7 Å². The van der Waals surface area contributed by atoms with Gasteiger partial charge in [0.1, 0.15) is 11.7 Å². The number of carbonyl (C=O) groups excluding carboxylic acids is 2. The predicted molar refractivity (Wildman–Crippen MR) is 137 cm³/mol. The predicted octanol–water partition coefficient (Wildman–Crippen LogP) is 5.30. The van der Waals surface area contributed by atoms with E-state index < -0.39 is 5.60 Å². The Morgan fingerprint density at radius 1 is 1.11 bits per heavy atom. The van der Waals surface area contributed by atoms with E-state index in [2.05, 4.69) is 31.7 Å². The van der Waals surface area contributed by atoms with Gasteiger partial charge in [-0.2, -0.15) is 0 Å². The molecule has 0 radical (unpaired) electrons. The molecule has 3 saturated carbocycles. The third-order valence-corrected chi connectivity index (χ3v) is 11.6. The molecule has 35 heavy (non-hydrogen) atoms. The van der Waals surface area contributed by atoms with Crippen LogP contribution >= 0.6 is 0 Å². The molecule has 4 fully saturated rings. The lowest BCUT2D eigenvalue weighted by Crippen LogP contribution is -2.58. The van der Waals surface area contributed by atoms with Crippen molar-refractivity contribution in [3.05, 3.63) is 11.6 Å². The van der Waals surface area contributed by atoms with Crippen LogP contribution in [0.3, 0.4) is 0 Å². The molecule has 5 aliphatic rings. The van der Waals surface area contributed by atoms with Gasteiger partial charge in [0.2, 0.25) is 0 Å². The first-order valence-corrected chi connectivity index (χ1v) is 14.4. The molecule has 4 aliphatic carbocycles. The number of rotatable bonds is 5. The number of hydrogen-bond acceptors (Lipinski definition) is 5. The van der Waals surface area contributed by atoms with Crippen LogP contribution in [0.4, 0.5) is 0 Å². The van der Waals surface area contributed by atoms with Gasteiger partial charge in [-0.25, -0.2) is 0 Å². The third kappa shape index (κ3) is 4.04. The molecule has 1 aliphatic heterocycles. The molecule has 1 heterocycles. The Hall–Kier alpha value is -1.20. The standard InChI is InChI=1S/C30H47NO4/c1-20-18-26-24-9-8-22-19-23(35-27(33)12-17-31-15-6-5-7-16-31)10-13-28(22,3)25(24)11-14-29(26,4)30(20,34)21(2)32/h8,20,23-26,34H,5-7,9-19H2,1-4H3/t20-,23-,24-,25-,26-,28+,29+,30+/m1/s1. The highest BCUT2D eigenvalue weighted by Gasteiger charge is 2.67. The summed E-state index contributed by atoms with van der Waals surface area (Å²) in [5.74, 6) is 1.46. The van der Waals surface area contributed by atoms with Crippen molar-refractivity contribution in [1.29, 1.82) is 0 Å². The number of ketones is 1. The molecular formula is C30H47NO4. The number of fused-ring (bicyclic) bond motifs is 5. The number of nitrogens with zero attached hydrogens (tertiary/aromatic N) is 1. The van der Waals surface area contributed by atoms with Crippen molar-refractivity contribution in [1.82, 2.24) is 4.90 Å². The van der Waals surface area contributed by atoms with Crippen molar-refractivity contribution >= 4 is 11.8 Å². The zero-order valence-corrected chi connectivity index (χ0v) is 22.5. The minimum atomic E-state index is -1.19. The SMILES string of the molecule is CC(=O)[C@@]1(O)[C@H](C)C[C@@H]2[C@@H]3CC=C4C[C@H](OC(=O)CCN5CCCCC5)CC[C@]4(C)[C@@H]3CC[C@@]21C. The summed E-state index contributed by atoms with van der Waals surface area (Å²) in [6, 6.07) is 0. The van der Waals surface area contributed by atoms with Crippen LogP contribution in [-0.4, -0.2) is 53.1 Å². The Morgan fingerprint density at radius 3 is 2.57 bits per heavy atom. The lowest BCUT2D eigenvalue weighted by Gasteiger charge is -2.58. The number of piperidine rings is 1. The van der Waals surface area contributed by atoms with Crippen LogP contribution in [-0.2, 0) is 14.3 Å². The van der Waals surface area contributed by atoms with Crippen molar-refractivity contribution < 1.29 is 19.4 Å². The minimum absolute atomic E-state index is 0.0166. The first-order valence-electron chi connectivity index (χ1n) is 14.4. The number of hydrogen-bond donors (Lipinski definition) is 1. The van der Waals surface area contributed by atoms with Crippen LogP contribution in [0.2, 0.25) is 0 Å². The Labute approximate surface area is 212 Å². The maximum Gasteiger partial charge on any atom is 0.307 e. The van der Waals surface area contributed by atoms with Crippen molar-refractivity contribution in [2.45, 2.75) is 110 Å². The van der Waals surface area contributed by atoms with Crippen LogP contribution < -0.4 is 0 Å². The van der Waals surface area contributed by atoms with Gasteiger partial charge >= 0.3 is 5.97 Å². The molecule has 0 bridgehead atoms. The summed E-state index contributed by atoms with van der Waals surface area (Å²) in [6.45, 7) is 11.4. The molecule has 0 spiro atoms. The summed E-state index contributed by atoms with van der Waals surface area (Å²) in [4.78, 5) is 27.7. The molecule has 0 aromatic rings. The second-order valence-corrected chi connectivity index (χ2v) is 13.2. The van der Waals surface area contributed by atoms with Gasteiger partial charge in [0.25, 0.3) is 0 Å². The summed E-state index contributed by atoms with van der Waals surface area (Å²) < 4.78 is 5.99. The van der Waals surface area contributed by atoms with Crippen molar-refractivity contribution in [3.63, 3.8) is 0 Å². The Morgan fingerprint density at radius 2 is 1.86 bits per heavy atom. The first kappa shape index (κ1) is 25.4. The number of aliphatic hydroxyl groups is 1. The van der Waals surface area contributed by atoms with Crippen molar-refractivity contribution in [2.24, 2.45) is 34.5 Å². The van der Waals surface area contributed by atoms with E-state index in [1.165, 1.54) is 24.8 Å². The maximum atomic E-state index is 12.6. The van der Waals surface area contributed by atoms with E-state index in [0.29, 0.717) is 24.2 Å². The largest absolute Gasteiger partial charge is 0.462 e. The fraction of sp³-hybridized carbons (Fsp3) is 0.867. The fourth-order valence-electron chi connectivity index (χ4n) is 9.50. The summed E-state index contributed by atoms with van der Waals surface area (Å²) in [5.41, 5.74) is 0.145. The fourth-order valence-corrected chi connectivity index (χ4v) is 9.50. The molecule has 5 heteroatoms. The van der Waals surface area contributed by atoms with Gasteiger partial charge in [-0.1, -0.05) is 38.8 Å². The molecule has 0 aromatic heterocycles. The lowest BCUT2D eigenvalue weighted by molar-refractivity contribution is -0.166. The quantitative estimate of drug-likeness (QED) is 0.423. The van der Waals surface area contributed by atoms with E-state index in [0.717, 1.165) is 64.6 Å². The number of carbonyl (C=O) groups is 2. The van der Waals surface area contributed by atoms with Gasteiger partial charge in [0, 0.05) is 18.4 Å². The summed E-state index contributed by atoms with van der Waals surface area (Å²) >= 11 is 0. The van der Waals surface area contributed by atoms with Gasteiger partial charge in [-0.15, -0.1) is 0 Å². The molecule has 0 aromatic carbocycles. The molecule has 5 rings (SSSR count). The number of Topliss-reactive ketones (excluding diaryl/α,β-unsaturated/α-hetero) is 1. The molecule has 196 valence electrons. The molecule has 5 nitrogen and oxygen atoms in total. The van der Waals surface area contributed by atoms with Crippen molar-refractivity contribution in [2.75, 3.05) is 19.6 Å². The highest BCUT2D eigenvalue weighted by atomic mass is 16.5. The zero-order chi connectivity index (χ0) is 25.0. The van der Waals surface area contributed by atoms with Crippen LogP contribution in [0.15, 0.2) is 11.6 Å². The summed E-state index contributed by atoms with van der Waals surface area (Å²) in [7, 11) is 0. The van der Waals surface area contributed by atoms with Crippen LogP contribution in [0.5, 0.6) is 0 Å². The molecular weight excluding hydrogens is 438 g/mol. The zero-order valence-electron chi connectivity index (χ0n) is 22.5. The number of ether oxygens (including phenoxy) is 1. The third-order valence-electron chi connectivity index (χ3n) is 11.6. The van der Waals surface area contributed by atoms with E-state index in [4.69, 9.17) is 4.74 Å². The second-order valence-electron chi connectivity index (χ2n) is 13.2. The van der Waals surface area contributed by atoms with Gasteiger partial charge in [0.15, 0.2) is 5.78 Å². The van der Waals surface area contributed by atoms with E-state index in [-0.39, 0.29) is 34.6 Å². The molecule has 1 N–H and O–H groups in total. The first-order chi connectivity index (χ1) is 16.6. The maximum absolute atomic E-state index is 12.6. The number of allylic oxidation sites excluding steroid dienone is 1. The number of likely N-dealkylation sites (tertiary alicyclic amines) is 1. The highest BCUT2D eigenvalue weighted by Crippen LogP contribution is 2.68.